The molecule has 5 rings (SSSR count). The number of rotatable bonds is 4. The van der Waals surface area contributed by atoms with E-state index in [9.17, 15) is 4.79 Å². The maximum absolute atomic E-state index is 13.2. The number of amides is 1. The van der Waals surface area contributed by atoms with Crippen molar-refractivity contribution >= 4 is 28.3 Å². The van der Waals surface area contributed by atoms with Crippen LogP contribution in [0.1, 0.15) is 29.9 Å². The summed E-state index contributed by atoms with van der Waals surface area (Å²) in [6.07, 6.45) is 1.77. The maximum Gasteiger partial charge on any atom is 0.229 e. The maximum atomic E-state index is 13.2. The summed E-state index contributed by atoms with van der Waals surface area (Å²) in [4.78, 5) is 19.9. The summed E-state index contributed by atoms with van der Waals surface area (Å²) < 4.78 is 1.79. The van der Waals surface area contributed by atoms with Crippen molar-refractivity contribution in [3.8, 4) is 5.82 Å². The third-order valence-electron chi connectivity index (χ3n) is 6.08. The zero-order chi connectivity index (χ0) is 22.9. The highest BCUT2D eigenvalue weighted by Crippen LogP contribution is 2.26. The number of fused-ring (bicyclic) bond motifs is 1. The van der Waals surface area contributed by atoms with Gasteiger partial charge in [-0.25, -0.2) is 4.68 Å². The fourth-order valence-corrected chi connectivity index (χ4v) is 4.51. The van der Waals surface area contributed by atoms with Gasteiger partial charge in [-0.2, -0.15) is 5.10 Å². The molecular weight excluding hydrogens is 414 g/mol. The minimum absolute atomic E-state index is 0.0303. The number of hydrogen-bond acceptors (Lipinski definition) is 6. The first kappa shape index (κ1) is 21.1. The summed E-state index contributed by atoms with van der Waals surface area (Å²) in [5, 5.41) is 17.4. The number of pyridine rings is 1. The summed E-state index contributed by atoms with van der Waals surface area (Å²) >= 11 is 0. The van der Waals surface area contributed by atoms with Gasteiger partial charge in [-0.15, -0.1) is 10.2 Å². The van der Waals surface area contributed by atoms with Gasteiger partial charge in [0.15, 0.2) is 11.6 Å². The van der Waals surface area contributed by atoms with Crippen LogP contribution in [-0.4, -0.2) is 44.0 Å². The summed E-state index contributed by atoms with van der Waals surface area (Å²) in [7, 11) is 0. The van der Waals surface area contributed by atoms with Crippen LogP contribution in [0.3, 0.4) is 0 Å². The van der Waals surface area contributed by atoms with Crippen molar-refractivity contribution < 1.29 is 4.79 Å². The zero-order valence-corrected chi connectivity index (χ0v) is 19.1. The highest BCUT2D eigenvalue weighted by Gasteiger charge is 2.27. The molecule has 0 bridgehead atoms. The molecule has 4 aromatic rings. The lowest BCUT2D eigenvalue weighted by molar-refractivity contribution is -0.120. The van der Waals surface area contributed by atoms with E-state index in [1.807, 2.05) is 69.3 Å². The molecule has 33 heavy (non-hydrogen) atoms. The van der Waals surface area contributed by atoms with Gasteiger partial charge in [-0.1, -0.05) is 18.2 Å². The quantitative estimate of drug-likeness (QED) is 0.515. The Bertz CT molecular complexity index is 1310. The Balaban J connectivity index is 1.31. The first-order valence-electron chi connectivity index (χ1n) is 11.3. The van der Waals surface area contributed by atoms with Crippen LogP contribution >= 0.6 is 0 Å². The monoisotopic (exact) mass is 441 g/mol. The molecule has 1 aromatic carbocycles. The van der Waals surface area contributed by atoms with Gasteiger partial charge >= 0.3 is 0 Å². The third kappa shape index (κ3) is 4.28. The van der Waals surface area contributed by atoms with E-state index in [2.05, 4.69) is 30.5 Å². The zero-order valence-electron chi connectivity index (χ0n) is 19.1. The molecule has 0 radical (unpaired) electrons. The van der Waals surface area contributed by atoms with Gasteiger partial charge in [0.1, 0.15) is 0 Å². The van der Waals surface area contributed by atoms with Crippen molar-refractivity contribution in [3.63, 3.8) is 0 Å². The van der Waals surface area contributed by atoms with Crippen LogP contribution in [0.2, 0.25) is 0 Å². The molecule has 1 N–H and O–H groups in total. The first-order chi connectivity index (χ1) is 16.0. The Labute approximate surface area is 192 Å². The Morgan fingerprint density at radius 3 is 2.55 bits per heavy atom. The number of hydrogen-bond donors (Lipinski definition) is 1. The molecule has 1 fully saturated rings. The Morgan fingerprint density at radius 1 is 1.00 bits per heavy atom. The number of piperidine rings is 1. The average Bonchev–Trinajstić information content (AvgIpc) is 3.17. The fraction of sp³-hybridized carbons (Fsp3) is 0.320. The predicted octanol–water partition coefficient (Wildman–Crippen LogP) is 3.99. The van der Waals surface area contributed by atoms with E-state index in [-0.39, 0.29) is 11.8 Å². The highest BCUT2D eigenvalue weighted by molar-refractivity contribution is 6.02. The van der Waals surface area contributed by atoms with Gasteiger partial charge < -0.3 is 10.2 Å². The van der Waals surface area contributed by atoms with Crippen LogP contribution in [0, 0.1) is 26.7 Å². The van der Waals surface area contributed by atoms with Crippen LogP contribution in [0.5, 0.6) is 0 Å². The van der Waals surface area contributed by atoms with E-state index in [1.54, 1.807) is 4.68 Å². The SMILES string of the molecule is Cc1cc(NC(=O)C2CCCN(c3ccc(-n4nc(C)cc4C)nn3)C2)c2ccccc2n1. The van der Waals surface area contributed by atoms with Crippen LogP contribution in [-0.2, 0) is 4.79 Å². The van der Waals surface area contributed by atoms with Crippen molar-refractivity contribution in [2.45, 2.75) is 33.6 Å². The summed E-state index contributed by atoms with van der Waals surface area (Å²) in [6.45, 7) is 7.37. The molecule has 1 aliphatic rings. The standard InChI is InChI=1S/C25H27N7O/c1-16-14-22(20-8-4-5-9-21(20)26-16)27-25(33)19-7-6-12-31(15-19)23-10-11-24(29-28-23)32-18(3)13-17(2)30-32/h4-5,8-11,13-14,19H,6-7,12,15H2,1-3H3,(H,26,27,33). The highest BCUT2D eigenvalue weighted by atomic mass is 16.1. The molecule has 1 unspecified atom stereocenters. The molecule has 1 aliphatic heterocycles. The Hall–Kier alpha value is -3.81. The molecule has 1 atom stereocenters. The van der Waals surface area contributed by atoms with Gasteiger partial charge in [-0.05, 0) is 63.9 Å². The number of para-hydroxylation sites is 1. The van der Waals surface area contributed by atoms with E-state index >= 15 is 0 Å². The number of benzene rings is 1. The normalized spacial score (nSPS) is 16.2. The number of nitrogens with zero attached hydrogens (tertiary/aromatic N) is 6. The van der Waals surface area contributed by atoms with Gasteiger partial charge in [0.05, 0.1) is 22.8 Å². The van der Waals surface area contributed by atoms with Gasteiger partial charge in [0.25, 0.3) is 0 Å². The topological polar surface area (TPSA) is 88.8 Å². The molecule has 1 saturated heterocycles. The van der Waals surface area contributed by atoms with Gasteiger partial charge in [-0.3, -0.25) is 9.78 Å². The van der Waals surface area contributed by atoms with Gasteiger partial charge in [0, 0.05) is 29.9 Å². The van der Waals surface area contributed by atoms with Crippen LogP contribution in [0.4, 0.5) is 11.5 Å². The molecule has 1 amide bonds. The fourth-order valence-electron chi connectivity index (χ4n) is 4.51. The lowest BCUT2D eigenvalue weighted by atomic mass is 9.97. The molecule has 0 spiro atoms. The number of carbonyl (C=O) groups is 1. The van der Waals surface area contributed by atoms with E-state index in [1.165, 1.54) is 0 Å². The van der Waals surface area contributed by atoms with Crippen molar-refractivity contribution in [2.75, 3.05) is 23.3 Å². The van der Waals surface area contributed by atoms with Crippen molar-refractivity contribution in [1.29, 1.82) is 0 Å². The van der Waals surface area contributed by atoms with E-state index in [0.717, 1.165) is 58.9 Å². The van der Waals surface area contributed by atoms with Gasteiger partial charge in [0.2, 0.25) is 5.91 Å². The molecule has 0 saturated carbocycles. The van der Waals surface area contributed by atoms with E-state index in [0.29, 0.717) is 12.4 Å². The largest absolute Gasteiger partial charge is 0.354 e. The molecule has 4 heterocycles. The Kier molecular flexibility index (Phi) is 5.50. The average molecular weight is 442 g/mol. The second-order valence-corrected chi connectivity index (χ2v) is 8.69. The van der Waals surface area contributed by atoms with Crippen molar-refractivity contribution in [3.05, 3.63) is 65.6 Å². The van der Waals surface area contributed by atoms with E-state index in [4.69, 9.17) is 0 Å². The predicted molar refractivity (Wildman–Crippen MR) is 129 cm³/mol. The van der Waals surface area contributed by atoms with Crippen LogP contribution < -0.4 is 10.2 Å². The van der Waals surface area contributed by atoms with E-state index < -0.39 is 0 Å². The number of aromatic nitrogens is 5. The van der Waals surface area contributed by atoms with Crippen molar-refractivity contribution in [2.24, 2.45) is 5.92 Å². The summed E-state index contributed by atoms with van der Waals surface area (Å²) in [5.41, 5.74) is 4.54. The van der Waals surface area contributed by atoms with Crippen LogP contribution in [0.25, 0.3) is 16.7 Å². The number of nitrogens with one attached hydrogen (secondary N) is 1. The molecule has 168 valence electrons. The number of anilines is 2. The second-order valence-electron chi connectivity index (χ2n) is 8.69. The minimum Gasteiger partial charge on any atom is -0.354 e. The first-order valence-corrected chi connectivity index (χ1v) is 11.3. The summed E-state index contributed by atoms with van der Waals surface area (Å²) in [6, 6.07) is 15.7. The minimum atomic E-state index is -0.122. The second kappa shape index (κ2) is 8.61. The van der Waals surface area contributed by atoms with Crippen LogP contribution in [0.15, 0.2) is 48.5 Å². The molecule has 0 aliphatic carbocycles. The molecule has 8 heteroatoms. The summed E-state index contributed by atoms with van der Waals surface area (Å²) in [5.74, 6) is 1.38. The number of aryl methyl sites for hydroxylation is 3. The third-order valence-corrected chi connectivity index (χ3v) is 6.08. The molecule has 8 nitrogen and oxygen atoms in total. The number of carbonyl (C=O) groups excluding carboxylic acids is 1. The molecular formula is C25H27N7O. The van der Waals surface area contributed by atoms with Crippen molar-refractivity contribution in [1.82, 2.24) is 25.0 Å². The lowest BCUT2D eigenvalue weighted by Crippen LogP contribution is -2.41. The molecule has 3 aromatic heterocycles. The Morgan fingerprint density at radius 2 is 1.79 bits per heavy atom. The smallest absolute Gasteiger partial charge is 0.229 e. The lowest BCUT2D eigenvalue weighted by Gasteiger charge is -2.32.